The van der Waals surface area contributed by atoms with Crippen molar-refractivity contribution >= 4 is 27.6 Å². The van der Waals surface area contributed by atoms with Crippen molar-refractivity contribution in [1.82, 2.24) is 0 Å². The lowest BCUT2D eigenvalue weighted by molar-refractivity contribution is 0.423. The zero-order valence-corrected chi connectivity index (χ0v) is 9.47. The van der Waals surface area contributed by atoms with Gasteiger partial charge in [-0.05, 0) is 25.6 Å². The van der Waals surface area contributed by atoms with Crippen LogP contribution in [0.1, 0.15) is 0 Å². The molecule has 9 heavy (non-hydrogen) atoms. The van der Waals surface area contributed by atoms with E-state index in [9.17, 15) is 0 Å². The van der Waals surface area contributed by atoms with Crippen LogP contribution in [0.2, 0.25) is 13.1 Å². The van der Waals surface area contributed by atoms with Gasteiger partial charge in [-0.2, -0.15) is 8.51 Å². The molecular weight excluding hydrogens is 168 g/mol. The maximum Gasteiger partial charge on any atom is 0.240 e. The summed E-state index contributed by atoms with van der Waals surface area (Å²) in [5.41, 5.74) is 0. The van der Waals surface area contributed by atoms with Crippen molar-refractivity contribution in [3.63, 3.8) is 0 Å². The molecule has 0 spiro atoms. The largest absolute Gasteiger partial charge is 0.411 e. The molecule has 0 fully saturated rings. The highest BCUT2D eigenvalue weighted by Crippen LogP contribution is 2.54. The minimum atomic E-state index is -1.43. The normalized spacial score (nSPS) is 15.8. The van der Waals surface area contributed by atoms with Crippen molar-refractivity contribution < 1.29 is 4.43 Å². The molecular formula is C5H16OS2Si. The summed E-state index contributed by atoms with van der Waals surface area (Å²) in [6.45, 7) is 4.41. The van der Waals surface area contributed by atoms with E-state index >= 15 is 0 Å². The third-order valence-electron chi connectivity index (χ3n) is 1.69. The van der Waals surface area contributed by atoms with Gasteiger partial charge in [0.2, 0.25) is 7.47 Å². The van der Waals surface area contributed by atoms with Crippen LogP contribution in [0.25, 0.3) is 0 Å². The fourth-order valence-electron chi connectivity index (χ4n) is 0.204. The molecule has 0 atom stereocenters. The standard InChI is InChI=1S/C5H16OS2Si/c1-6-9(4,5)8(2,3)7/h7H,1-5H3. The molecule has 0 N–H and O–H groups in total. The summed E-state index contributed by atoms with van der Waals surface area (Å²) >= 11 is 4.54. The molecule has 1 nitrogen and oxygen atoms in total. The Bertz CT molecular complexity index is 97.6. The lowest BCUT2D eigenvalue weighted by Gasteiger charge is -2.38. The van der Waals surface area contributed by atoms with Crippen LogP contribution >= 0.6 is 20.2 Å². The number of hydrogen-bond acceptors (Lipinski definition) is 2. The van der Waals surface area contributed by atoms with E-state index in [1.807, 2.05) is 0 Å². The van der Waals surface area contributed by atoms with E-state index in [1.165, 1.54) is 0 Å². The molecule has 0 aliphatic rings. The predicted molar refractivity (Wildman–Crippen MR) is 52.9 cm³/mol. The SMILES string of the molecule is CO[Si](C)(C)S(C)(C)S. The van der Waals surface area contributed by atoms with Crippen LogP contribution in [-0.4, -0.2) is 27.1 Å². The first-order chi connectivity index (χ1) is 3.81. The Labute approximate surface area is 65.1 Å². The third-order valence-corrected chi connectivity index (χ3v) is 16.8. The Morgan fingerprint density at radius 2 is 1.67 bits per heavy atom. The summed E-state index contributed by atoms with van der Waals surface area (Å²) in [6, 6.07) is 0. The van der Waals surface area contributed by atoms with Gasteiger partial charge in [-0.1, -0.05) is 0 Å². The monoisotopic (exact) mass is 184 g/mol. The van der Waals surface area contributed by atoms with Crippen molar-refractivity contribution in [2.24, 2.45) is 0 Å². The van der Waals surface area contributed by atoms with Crippen molar-refractivity contribution in [3.8, 4) is 0 Å². The van der Waals surface area contributed by atoms with Crippen molar-refractivity contribution in [2.75, 3.05) is 19.6 Å². The fourth-order valence-corrected chi connectivity index (χ4v) is 2.51. The van der Waals surface area contributed by atoms with Gasteiger partial charge in [0.1, 0.15) is 0 Å². The molecule has 58 valence electrons. The van der Waals surface area contributed by atoms with Gasteiger partial charge in [-0.25, -0.2) is 0 Å². The summed E-state index contributed by atoms with van der Waals surface area (Å²) in [5, 5.41) is 0. The van der Waals surface area contributed by atoms with Gasteiger partial charge >= 0.3 is 0 Å². The fraction of sp³-hybridized carbons (Fsp3) is 1.00. The molecule has 0 unspecified atom stereocenters. The van der Waals surface area contributed by atoms with Gasteiger partial charge in [0, 0.05) is 7.11 Å². The number of hydrogen-bond donors (Lipinski definition) is 1. The number of rotatable bonds is 2. The van der Waals surface area contributed by atoms with Gasteiger partial charge < -0.3 is 4.43 Å². The van der Waals surface area contributed by atoms with Gasteiger partial charge in [0.25, 0.3) is 0 Å². The van der Waals surface area contributed by atoms with Gasteiger partial charge in [-0.15, -0.1) is 11.7 Å². The van der Waals surface area contributed by atoms with Crippen LogP contribution in [0.15, 0.2) is 0 Å². The molecule has 4 heteroatoms. The number of thiol groups is 1. The van der Waals surface area contributed by atoms with Crippen LogP contribution in [0.4, 0.5) is 0 Å². The minimum Gasteiger partial charge on any atom is -0.411 e. The molecule has 0 saturated heterocycles. The third kappa shape index (κ3) is 2.53. The van der Waals surface area contributed by atoms with Gasteiger partial charge in [-0.3, -0.25) is 0 Å². The van der Waals surface area contributed by atoms with E-state index in [1.54, 1.807) is 7.11 Å². The van der Waals surface area contributed by atoms with E-state index in [2.05, 4.69) is 37.3 Å². The lowest BCUT2D eigenvalue weighted by atomic mass is 11.8. The van der Waals surface area contributed by atoms with E-state index in [4.69, 9.17) is 4.43 Å². The molecule has 0 amide bonds. The second-order valence-electron chi connectivity index (χ2n) is 2.88. The second kappa shape index (κ2) is 2.86. The highest BCUT2D eigenvalue weighted by molar-refractivity contribution is 8.99. The Hall–Kier alpha value is 0.877. The first-order valence-electron chi connectivity index (χ1n) is 2.82. The first-order valence-corrected chi connectivity index (χ1v) is 9.95. The zero-order valence-electron chi connectivity index (χ0n) is 6.76. The van der Waals surface area contributed by atoms with Crippen molar-refractivity contribution in [2.45, 2.75) is 13.1 Å². The molecule has 0 rings (SSSR count). The smallest absolute Gasteiger partial charge is 0.240 e. The van der Waals surface area contributed by atoms with Crippen molar-refractivity contribution in [3.05, 3.63) is 0 Å². The topological polar surface area (TPSA) is 9.23 Å². The van der Waals surface area contributed by atoms with E-state index in [0.29, 0.717) is 0 Å². The molecule has 0 aromatic carbocycles. The average molecular weight is 184 g/mol. The zero-order chi connectivity index (χ0) is 7.71. The van der Waals surface area contributed by atoms with Crippen molar-refractivity contribution in [1.29, 1.82) is 0 Å². The summed E-state index contributed by atoms with van der Waals surface area (Å²) in [4.78, 5) is 0. The maximum atomic E-state index is 5.40. The Balaban J connectivity index is 4.14. The highest BCUT2D eigenvalue weighted by atomic mass is 33.2. The molecule has 0 radical (unpaired) electrons. The Morgan fingerprint density at radius 3 is 1.67 bits per heavy atom. The molecule has 0 aliphatic heterocycles. The predicted octanol–water partition coefficient (Wildman–Crippen LogP) is 2.24. The molecule has 0 heterocycles. The summed E-state index contributed by atoms with van der Waals surface area (Å²) < 4.78 is 5.40. The second-order valence-corrected chi connectivity index (χ2v) is 18.4. The summed E-state index contributed by atoms with van der Waals surface area (Å²) in [5.74, 6) is 0. The minimum absolute atomic E-state index is 0.741. The van der Waals surface area contributed by atoms with Crippen LogP contribution in [-0.2, 0) is 4.43 Å². The van der Waals surface area contributed by atoms with Crippen LogP contribution < -0.4 is 0 Å². The summed E-state index contributed by atoms with van der Waals surface area (Å²) in [6.07, 6.45) is 4.37. The quantitative estimate of drug-likeness (QED) is 0.393. The molecule has 0 bridgehead atoms. The molecule has 0 aliphatic carbocycles. The van der Waals surface area contributed by atoms with Crippen LogP contribution in [0.3, 0.4) is 0 Å². The van der Waals surface area contributed by atoms with E-state index in [0.717, 1.165) is 0 Å². The maximum absolute atomic E-state index is 5.40. The Morgan fingerprint density at radius 1 is 1.33 bits per heavy atom. The van der Waals surface area contributed by atoms with Gasteiger partial charge in [0.05, 0.1) is 0 Å². The lowest BCUT2D eigenvalue weighted by Crippen LogP contribution is -2.32. The van der Waals surface area contributed by atoms with Crippen LogP contribution in [0.5, 0.6) is 0 Å². The van der Waals surface area contributed by atoms with Gasteiger partial charge in [0.15, 0.2) is 0 Å². The molecule has 0 aromatic rings. The van der Waals surface area contributed by atoms with E-state index in [-0.39, 0.29) is 0 Å². The van der Waals surface area contributed by atoms with E-state index < -0.39 is 16.0 Å². The molecule has 0 saturated carbocycles. The van der Waals surface area contributed by atoms with Crippen LogP contribution in [0, 0.1) is 0 Å². The Kier molecular flexibility index (Phi) is 3.14. The average Bonchev–Trinajstić information content (AvgIpc) is 1.64. The highest BCUT2D eigenvalue weighted by Gasteiger charge is 2.32. The first kappa shape index (κ1) is 9.88. The molecule has 0 aromatic heterocycles. The summed E-state index contributed by atoms with van der Waals surface area (Å²) in [7, 11) is -0.384.